The van der Waals surface area contributed by atoms with E-state index in [1.54, 1.807) is 12.1 Å². The summed E-state index contributed by atoms with van der Waals surface area (Å²) in [5.41, 5.74) is 0.580. The Balaban J connectivity index is 1.67. The molecule has 0 amide bonds. The molecule has 100 valence electrons. The van der Waals surface area contributed by atoms with E-state index in [0.717, 1.165) is 12.3 Å². The van der Waals surface area contributed by atoms with Crippen LogP contribution in [-0.4, -0.2) is 12.6 Å². The molecule has 2 nitrogen and oxygen atoms in total. The standard InChI is InChI=1S/C17H20O2/c18-17(16-12-5-2-6-13-16)19-14-8-7-11-15-9-3-1-4-10-15/h2,5-6,12-13,15H,1,3-4,9-11,14H2. The first-order valence-electron chi connectivity index (χ1n) is 7.04. The molecule has 1 saturated carbocycles. The zero-order chi connectivity index (χ0) is 13.3. The summed E-state index contributed by atoms with van der Waals surface area (Å²) in [5.74, 6) is 6.53. The van der Waals surface area contributed by atoms with Crippen molar-refractivity contribution in [1.82, 2.24) is 0 Å². The van der Waals surface area contributed by atoms with Gasteiger partial charge in [0.05, 0.1) is 5.56 Å². The van der Waals surface area contributed by atoms with Crippen LogP contribution in [0.25, 0.3) is 0 Å². The van der Waals surface area contributed by atoms with Crippen LogP contribution in [0.2, 0.25) is 0 Å². The number of hydrogen-bond donors (Lipinski definition) is 0. The average Bonchev–Trinajstić information content (AvgIpc) is 2.49. The van der Waals surface area contributed by atoms with Crippen molar-refractivity contribution in [2.75, 3.05) is 6.61 Å². The van der Waals surface area contributed by atoms with Crippen molar-refractivity contribution >= 4 is 5.97 Å². The SMILES string of the molecule is O=C(OCC#CCC1CCCCC1)c1ccccc1. The average molecular weight is 256 g/mol. The maximum atomic E-state index is 11.6. The van der Waals surface area contributed by atoms with Crippen LogP contribution in [0, 0.1) is 17.8 Å². The van der Waals surface area contributed by atoms with Crippen molar-refractivity contribution in [2.24, 2.45) is 5.92 Å². The molecule has 1 aromatic carbocycles. The molecule has 0 unspecified atom stereocenters. The summed E-state index contributed by atoms with van der Waals surface area (Å²) in [4.78, 5) is 11.6. The van der Waals surface area contributed by atoms with Gasteiger partial charge in [0.25, 0.3) is 0 Å². The smallest absolute Gasteiger partial charge is 0.339 e. The molecule has 0 spiro atoms. The molecule has 0 radical (unpaired) electrons. The van der Waals surface area contributed by atoms with Crippen LogP contribution in [0.15, 0.2) is 30.3 Å². The topological polar surface area (TPSA) is 26.3 Å². The molecule has 0 aromatic heterocycles. The predicted octanol–water partition coefficient (Wildman–Crippen LogP) is 3.82. The first kappa shape index (κ1) is 13.7. The molecule has 0 aliphatic heterocycles. The third-order valence-electron chi connectivity index (χ3n) is 3.53. The fourth-order valence-corrected chi connectivity index (χ4v) is 2.42. The highest BCUT2D eigenvalue weighted by molar-refractivity contribution is 5.89. The molecule has 2 rings (SSSR count). The molecule has 0 atom stereocenters. The molecule has 1 aliphatic rings. The van der Waals surface area contributed by atoms with Crippen molar-refractivity contribution in [3.63, 3.8) is 0 Å². The number of carbonyl (C=O) groups is 1. The monoisotopic (exact) mass is 256 g/mol. The summed E-state index contributed by atoms with van der Waals surface area (Å²) in [7, 11) is 0. The Bertz CT molecular complexity index is 447. The largest absolute Gasteiger partial charge is 0.449 e. The van der Waals surface area contributed by atoms with Gasteiger partial charge in [-0.2, -0.15) is 0 Å². The van der Waals surface area contributed by atoms with E-state index in [4.69, 9.17) is 4.74 Å². The Morgan fingerprint density at radius 2 is 1.84 bits per heavy atom. The highest BCUT2D eigenvalue weighted by Crippen LogP contribution is 2.25. The lowest BCUT2D eigenvalue weighted by molar-refractivity contribution is 0.0556. The van der Waals surface area contributed by atoms with Gasteiger partial charge < -0.3 is 4.74 Å². The molecule has 0 heterocycles. The molecule has 1 fully saturated rings. The van der Waals surface area contributed by atoms with E-state index in [1.165, 1.54) is 32.1 Å². The van der Waals surface area contributed by atoms with Crippen LogP contribution < -0.4 is 0 Å². The van der Waals surface area contributed by atoms with Gasteiger partial charge in [0.1, 0.15) is 0 Å². The highest BCUT2D eigenvalue weighted by Gasteiger charge is 2.11. The number of hydrogen-bond acceptors (Lipinski definition) is 2. The van der Waals surface area contributed by atoms with Crippen LogP contribution in [-0.2, 0) is 4.74 Å². The molecular weight excluding hydrogens is 236 g/mol. The van der Waals surface area contributed by atoms with E-state index in [2.05, 4.69) is 11.8 Å². The fourth-order valence-electron chi connectivity index (χ4n) is 2.42. The highest BCUT2D eigenvalue weighted by atomic mass is 16.5. The predicted molar refractivity (Wildman–Crippen MR) is 75.7 cm³/mol. The van der Waals surface area contributed by atoms with Crippen molar-refractivity contribution in [3.05, 3.63) is 35.9 Å². The minimum absolute atomic E-state index is 0.195. The van der Waals surface area contributed by atoms with Crippen molar-refractivity contribution < 1.29 is 9.53 Å². The second-order valence-electron chi connectivity index (χ2n) is 5.00. The number of esters is 1. The summed E-state index contributed by atoms with van der Waals surface area (Å²) < 4.78 is 5.10. The van der Waals surface area contributed by atoms with E-state index in [-0.39, 0.29) is 12.6 Å². The number of rotatable bonds is 3. The Kier molecular flexibility index (Phi) is 5.49. The van der Waals surface area contributed by atoms with E-state index in [1.807, 2.05) is 18.2 Å². The Morgan fingerprint density at radius 3 is 2.58 bits per heavy atom. The lowest BCUT2D eigenvalue weighted by Gasteiger charge is -2.18. The van der Waals surface area contributed by atoms with Crippen LogP contribution in [0.1, 0.15) is 48.9 Å². The maximum absolute atomic E-state index is 11.6. The minimum atomic E-state index is -0.299. The molecule has 2 heteroatoms. The Morgan fingerprint density at radius 1 is 1.11 bits per heavy atom. The number of ether oxygens (including phenoxy) is 1. The molecule has 19 heavy (non-hydrogen) atoms. The van der Waals surface area contributed by atoms with Gasteiger partial charge in [-0.15, -0.1) is 0 Å². The second-order valence-corrected chi connectivity index (χ2v) is 5.00. The molecule has 0 bridgehead atoms. The summed E-state index contributed by atoms with van der Waals surface area (Å²) in [6, 6.07) is 9.02. The van der Waals surface area contributed by atoms with E-state index < -0.39 is 0 Å². The van der Waals surface area contributed by atoms with Crippen molar-refractivity contribution in [2.45, 2.75) is 38.5 Å². The molecule has 0 saturated heterocycles. The summed E-state index contributed by atoms with van der Waals surface area (Å²) in [6.45, 7) is 0.195. The third-order valence-corrected chi connectivity index (χ3v) is 3.53. The van der Waals surface area contributed by atoms with Crippen LogP contribution >= 0.6 is 0 Å². The fraction of sp³-hybridized carbons (Fsp3) is 0.471. The lowest BCUT2D eigenvalue weighted by atomic mass is 9.87. The van der Waals surface area contributed by atoms with Gasteiger partial charge in [0.2, 0.25) is 0 Å². The van der Waals surface area contributed by atoms with Crippen LogP contribution in [0.3, 0.4) is 0 Å². The summed E-state index contributed by atoms with van der Waals surface area (Å²) >= 11 is 0. The van der Waals surface area contributed by atoms with Crippen molar-refractivity contribution in [1.29, 1.82) is 0 Å². The summed E-state index contributed by atoms with van der Waals surface area (Å²) in [5, 5.41) is 0. The number of carbonyl (C=O) groups excluding carboxylic acids is 1. The Labute approximate surface area is 115 Å². The van der Waals surface area contributed by atoms with Gasteiger partial charge in [0, 0.05) is 6.42 Å². The van der Waals surface area contributed by atoms with Gasteiger partial charge in [-0.3, -0.25) is 0 Å². The van der Waals surface area contributed by atoms with Crippen molar-refractivity contribution in [3.8, 4) is 11.8 Å². The first-order valence-corrected chi connectivity index (χ1v) is 7.04. The molecule has 1 aromatic rings. The summed E-state index contributed by atoms with van der Waals surface area (Å²) in [6.07, 6.45) is 7.61. The zero-order valence-corrected chi connectivity index (χ0v) is 11.2. The van der Waals surface area contributed by atoms with E-state index in [0.29, 0.717) is 5.56 Å². The normalized spacial score (nSPS) is 15.4. The quantitative estimate of drug-likeness (QED) is 0.607. The molecular formula is C17H20O2. The first-order chi connectivity index (χ1) is 9.36. The van der Waals surface area contributed by atoms with E-state index >= 15 is 0 Å². The van der Waals surface area contributed by atoms with Gasteiger partial charge >= 0.3 is 5.97 Å². The van der Waals surface area contributed by atoms with Gasteiger partial charge in [-0.25, -0.2) is 4.79 Å². The third kappa shape index (κ3) is 4.79. The zero-order valence-electron chi connectivity index (χ0n) is 11.2. The second kappa shape index (κ2) is 7.63. The van der Waals surface area contributed by atoms with Gasteiger partial charge in [0.15, 0.2) is 6.61 Å². The van der Waals surface area contributed by atoms with Gasteiger partial charge in [-0.1, -0.05) is 49.3 Å². The minimum Gasteiger partial charge on any atom is -0.449 e. The molecule has 0 N–H and O–H groups in total. The van der Waals surface area contributed by atoms with E-state index in [9.17, 15) is 4.79 Å². The maximum Gasteiger partial charge on any atom is 0.339 e. The van der Waals surface area contributed by atoms with Gasteiger partial charge in [-0.05, 0) is 30.9 Å². The van der Waals surface area contributed by atoms with Crippen LogP contribution in [0.4, 0.5) is 0 Å². The number of benzene rings is 1. The Hall–Kier alpha value is -1.75. The lowest BCUT2D eigenvalue weighted by Crippen LogP contribution is -2.06. The molecule has 1 aliphatic carbocycles. The van der Waals surface area contributed by atoms with Crippen LogP contribution in [0.5, 0.6) is 0 Å².